The van der Waals surface area contributed by atoms with E-state index in [1.165, 1.54) is 52.2 Å². The molecule has 70 valence electrons. The van der Waals surface area contributed by atoms with Gasteiger partial charge in [0, 0.05) is 13.1 Å². The molecule has 2 aliphatic heterocycles. The number of rotatable bonds is 3. The standard InChI is InChI=1S/C9H19N3/c1(9-7-11-8-9)4-12-5-2-10-3-6-12/h9-11H,1-8H2/p+2. The van der Waals surface area contributed by atoms with Crippen LogP contribution in [-0.4, -0.2) is 50.7 Å². The van der Waals surface area contributed by atoms with Gasteiger partial charge in [0.05, 0.1) is 32.1 Å². The van der Waals surface area contributed by atoms with Crippen LogP contribution in [0.2, 0.25) is 0 Å². The molecular formula is C9H21N3+2. The highest BCUT2D eigenvalue weighted by molar-refractivity contribution is 4.66. The summed E-state index contributed by atoms with van der Waals surface area (Å²) in [5.41, 5.74) is 0. The van der Waals surface area contributed by atoms with Gasteiger partial charge >= 0.3 is 0 Å². The summed E-state index contributed by atoms with van der Waals surface area (Å²) < 4.78 is 0. The summed E-state index contributed by atoms with van der Waals surface area (Å²) in [6, 6.07) is 0. The minimum absolute atomic E-state index is 1.04. The first-order chi connectivity index (χ1) is 5.95. The van der Waals surface area contributed by atoms with E-state index in [2.05, 4.69) is 15.5 Å². The van der Waals surface area contributed by atoms with E-state index < -0.39 is 0 Å². The molecule has 0 amide bonds. The first-order valence-electron chi connectivity index (χ1n) is 5.31. The normalized spacial score (nSPS) is 27.0. The molecule has 3 nitrogen and oxygen atoms in total. The van der Waals surface area contributed by atoms with Crippen molar-refractivity contribution in [3.05, 3.63) is 0 Å². The Hall–Kier alpha value is -0.120. The van der Waals surface area contributed by atoms with E-state index in [9.17, 15) is 0 Å². The van der Waals surface area contributed by atoms with Gasteiger partial charge in [-0.15, -0.1) is 0 Å². The summed E-state index contributed by atoms with van der Waals surface area (Å²) in [5.74, 6) is 1.04. The van der Waals surface area contributed by atoms with Crippen LogP contribution < -0.4 is 10.6 Å². The number of quaternary nitrogens is 2. The Bertz CT molecular complexity index is 128. The molecule has 4 N–H and O–H groups in total. The molecule has 0 unspecified atom stereocenters. The number of nitrogens with two attached hydrogens (primary N) is 2. The lowest BCUT2D eigenvalue weighted by atomic mass is 9.99. The molecule has 2 fully saturated rings. The Labute approximate surface area is 74.5 Å². The van der Waals surface area contributed by atoms with Crippen molar-refractivity contribution in [1.29, 1.82) is 0 Å². The zero-order chi connectivity index (χ0) is 8.23. The van der Waals surface area contributed by atoms with Crippen molar-refractivity contribution in [2.75, 3.05) is 45.8 Å². The highest BCUT2D eigenvalue weighted by Gasteiger charge is 2.22. The molecule has 3 heteroatoms. The van der Waals surface area contributed by atoms with E-state index in [4.69, 9.17) is 0 Å². The molecule has 0 aliphatic carbocycles. The zero-order valence-electron chi connectivity index (χ0n) is 7.84. The van der Waals surface area contributed by atoms with Gasteiger partial charge in [0.25, 0.3) is 0 Å². The number of hydrogen-bond donors (Lipinski definition) is 2. The molecule has 2 saturated heterocycles. The smallest absolute Gasteiger partial charge is 0.0885 e. The van der Waals surface area contributed by atoms with Crippen molar-refractivity contribution in [2.45, 2.75) is 6.42 Å². The van der Waals surface area contributed by atoms with Crippen LogP contribution in [0.3, 0.4) is 0 Å². The predicted molar refractivity (Wildman–Crippen MR) is 47.9 cm³/mol. The number of nitrogens with zero attached hydrogens (tertiary/aromatic N) is 1. The molecule has 0 aromatic rings. The maximum Gasteiger partial charge on any atom is 0.0885 e. The largest absolute Gasteiger partial charge is 0.345 e. The van der Waals surface area contributed by atoms with E-state index >= 15 is 0 Å². The minimum atomic E-state index is 1.04. The van der Waals surface area contributed by atoms with Crippen molar-refractivity contribution in [3.8, 4) is 0 Å². The van der Waals surface area contributed by atoms with Crippen LogP contribution in [-0.2, 0) is 0 Å². The summed E-state index contributed by atoms with van der Waals surface area (Å²) in [6.07, 6.45) is 1.44. The molecular weight excluding hydrogens is 150 g/mol. The van der Waals surface area contributed by atoms with Crippen LogP contribution in [0.25, 0.3) is 0 Å². The highest BCUT2D eigenvalue weighted by atomic mass is 15.2. The van der Waals surface area contributed by atoms with E-state index in [-0.39, 0.29) is 0 Å². The topological polar surface area (TPSA) is 36.5 Å². The van der Waals surface area contributed by atoms with Crippen LogP contribution in [0.15, 0.2) is 0 Å². The van der Waals surface area contributed by atoms with Gasteiger partial charge in [-0.1, -0.05) is 0 Å². The fraction of sp³-hybridized carbons (Fsp3) is 1.00. The van der Waals surface area contributed by atoms with Gasteiger partial charge in [0.1, 0.15) is 0 Å². The lowest BCUT2D eigenvalue weighted by Crippen LogP contribution is -2.96. The molecule has 2 aliphatic rings. The van der Waals surface area contributed by atoms with E-state index in [1.807, 2.05) is 0 Å². The quantitative estimate of drug-likeness (QED) is 0.482. The summed E-state index contributed by atoms with van der Waals surface area (Å²) in [5, 5.41) is 4.84. The summed E-state index contributed by atoms with van der Waals surface area (Å²) in [7, 11) is 0. The van der Waals surface area contributed by atoms with Crippen LogP contribution in [0.4, 0.5) is 0 Å². The van der Waals surface area contributed by atoms with Crippen LogP contribution in [0.1, 0.15) is 6.42 Å². The van der Waals surface area contributed by atoms with Crippen molar-refractivity contribution in [2.24, 2.45) is 5.92 Å². The third-order valence-corrected chi connectivity index (χ3v) is 3.15. The number of hydrogen-bond acceptors (Lipinski definition) is 1. The predicted octanol–water partition coefficient (Wildman–Crippen LogP) is -2.55. The van der Waals surface area contributed by atoms with Crippen LogP contribution >= 0.6 is 0 Å². The van der Waals surface area contributed by atoms with Crippen molar-refractivity contribution in [3.63, 3.8) is 0 Å². The lowest BCUT2D eigenvalue weighted by molar-refractivity contribution is -0.723. The molecule has 12 heavy (non-hydrogen) atoms. The molecule has 0 aromatic heterocycles. The van der Waals surface area contributed by atoms with E-state index in [0.29, 0.717) is 0 Å². The Kier molecular flexibility index (Phi) is 2.98. The van der Waals surface area contributed by atoms with Gasteiger partial charge in [-0.25, -0.2) is 0 Å². The first kappa shape index (κ1) is 8.48. The fourth-order valence-electron chi connectivity index (χ4n) is 2.03. The monoisotopic (exact) mass is 171 g/mol. The maximum atomic E-state index is 2.62. The molecule has 0 aromatic carbocycles. The van der Waals surface area contributed by atoms with Crippen LogP contribution in [0.5, 0.6) is 0 Å². The van der Waals surface area contributed by atoms with Gasteiger partial charge in [0.15, 0.2) is 0 Å². The zero-order valence-corrected chi connectivity index (χ0v) is 7.84. The molecule has 0 radical (unpaired) electrons. The van der Waals surface area contributed by atoms with Gasteiger partial charge in [-0.2, -0.15) is 0 Å². The highest BCUT2D eigenvalue weighted by Crippen LogP contribution is 2.03. The van der Waals surface area contributed by atoms with Gasteiger partial charge < -0.3 is 10.6 Å². The molecule has 0 spiro atoms. The van der Waals surface area contributed by atoms with Gasteiger partial charge in [-0.3, -0.25) is 4.90 Å². The minimum Gasteiger partial charge on any atom is -0.345 e. The Morgan fingerprint density at radius 1 is 1.08 bits per heavy atom. The third-order valence-electron chi connectivity index (χ3n) is 3.15. The van der Waals surface area contributed by atoms with Crippen molar-refractivity contribution in [1.82, 2.24) is 4.90 Å². The average molecular weight is 171 g/mol. The fourth-order valence-corrected chi connectivity index (χ4v) is 2.03. The second-order valence-electron chi connectivity index (χ2n) is 4.12. The second-order valence-corrected chi connectivity index (χ2v) is 4.12. The Morgan fingerprint density at radius 3 is 2.42 bits per heavy atom. The number of piperazine rings is 1. The molecule has 0 atom stereocenters. The second kappa shape index (κ2) is 4.21. The van der Waals surface area contributed by atoms with Crippen molar-refractivity contribution < 1.29 is 10.6 Å². The lowest BCUT2D eigenvalue weighted by Gasteiger charge is -2.28. The molecule has 0 bridgehead atoms. The summed E-state index contributed by atoms with van der Waals surface area (Å²) >= 11 is 0. The first-order valence-corrected chi connectivity index (χ1v) is 5.31. The Balaban J connectivity index is 1.58. The molecule has 0 saturated carbocycles. The van der Waals surface area contributed by atoms with E-state index in [0.717, 1.165) is 5.92 Å². The van der Waals surface area contributed by atoms with Gasteiger partial charge in [0.2, 0.25) is 0 Å². The summed E-state index contributed by atoms with van der Waals surface area (Å²) in [6.45, 7) is 9.40. The van der Waals surface area contributed by atoms with Crippen molar-refractivity contribution >= 4 is 0 Å². The van der Waals surface area contributed by atoms with Crippen LogP contribution in [0, 0.1) is 5.92 Å². The Morgan fingerprint density at radius 2 is 1.83 bits per heavy atom. The molecule has 2 rings (SSSR count). The molecule has 2 heterocycles. The third kappa shape index (κ3) is 2.19. The van der Waals surface area contributed by atoms with E-state index in [1.54, 1.807) is 0 Å². The summed E-state index contributed by atoms with van der Waals surface area (Å²) in [4.78, 5) is 2.62. The van der Waals surface area contributed by atoms with Gasteiger partial charge in [-0.05, 0) is 13.0 Å². The SMILES string of the molecule is C1CN(CCC2C[NH2+]C2)CC[NH2+]1. The average Bonchev–Trinajstić information content (AvgIpc) is 2.04. The maximum absolute atomic E-state index is 2.62.